The van der Waals surface area contributed by atoms with Gasteiger partial charge >= 0.3 is 0 Å². The monoisotopic (exact) mass is 231 g/mol. The standard InChI is InChI=1S/C12H19B2NO2/c1-8(15-12(2,13)14)5-9-3-4-10-11(6-9)17-7-16-10/h3-4,6,8,15H,5,7,13-14H2,1-2H3/t8-/m1/s1. The van der Waals surface area contributed by atoms with Crippen LogP contribution < -0.4 is 14.8 Å². The second-order valence-electron chi connectivity index (χ2n) is 5.69. The highest BCUT2D eigenvalue weighted by Crippen LogP contribution is 2.32. The molecule has 0 unspecified atom stereocenters. The van der Waals surface area contributed by atoms with Crippen molar-refractivity contribution in [1.29, 1.82) is 0 Å². The van der Waals surface area contributed by atoms with Crippen LogP contribution in [0.3, 0.4) is 0 Å². The Labute approximate surface area is 105 Å². The lowest BCUT2D eigenvalue weighted by atomic mass is 9.63. The van der Waals surface area contributed by atoms with Crippen LogP contribution in [0.1, 0.15) is 19.4 Å². The van der Waals surface area contributed by atoms with Crippen molar-refractivity contribution in [3.8, 4) is 11.5 Å². The average Bonchev–Trinajstić information content (AvgIpc) is 2.61. The molecule has 1 N–H and O–H groups in total. The van der Waals surface area contributed by atoms with Crippen LogP contribution in [-0.2, 0) is 6.42 Å². The van der Waals surface area contributed by atoms with E-state index in [-0.39, 0.29) is 5.34 Å². The Morgan fingerprint density at radius 2 is 2.06 bits per heavy atom. The molecule has 3 nitrogen and oxygen atoms in total. The molecular formula is C12H19B2NO2. The van der Waals surface area contributed by atoms with E-state index in [4.69, 9.17) is 9.47 Å². The van der Waals surface area contributed by atoms with Crippen LogP contribution in [0.25, 0.3) is 0 Å². The summed E-state index contributed by atoms with van der Waals surface area (Å²) in [5, 5.41) is 3.71. The number of hydrogen-bond acceptors (Lipinski definition) is 3. The van der Waals surface area contributed by atoms with Gasteiger partial charge in [-0.05, 0) is 36.4 Å². The summed E-state index contributed by atoms with van der Waals surface area (Å²) in [6, 6.07) is 6.61. The van der Waals surface area contributed by atoms with Crippen LogP contribution >= 0.6 is 0 Å². The minimum absolute atomic E-state index is 0.149. The van der Waals surface area contributed by atoms with Gasteiger partial charge in [0.15, 0.2) is 11.5 Å². The van der Waals surface area contributed by atoms with Crippen molar-refractivity contribution in [2.24, 2.45) is 0 Å². The summed E-state index contributed by atoms with van der Waals surface area (Å²) in [6.07, 6.45) is 0.994. The van der Waals surface area contributed by atoms with Crippen LogP contribution in [0.5, 0.6) is 11.5 Å². The molecule has 0 bridgehead atoms. The fourth-order valence-electron chi connectivity index (χ4n) is 2.21. The van der Waals surface area contributed by atoms with Gasteiger partial charge in [0.2, 0.25) is 6.79 Å². The smallest absolute Gasteiger partial charge is 0.231 e. The van der Waals surface area contributed by atoms with Crippen molar-refractivity contribution in [3.05, 3.63) is 23.8 Å². The first-order valence-electron chi connectivity index (χ1n) is 6.10. The number of rotatable bonds is 4. The van der Waals surface area contributed by atoms with Gasteiger partial charge in [0.05, 0.1) is 0 Å². The van der Waals surface area contributed by atoms with Crippen LogP contribution in [0, 0.1) is 0 Å². The second kappa shape index (κ2) is 4.65. The third kappa shape index (κ3) is 3.43. The summed E-state index contributed by atoms with van der Waals surface area (Å²) >= 11 is 0. The highest BCUT2D eigenvalue weighted by molar-refractivity contribution is 6.39. The van der Waals surface area contributed by atoms with Crippen LogP contribution in [0.15, 0.2) is 18.2 Å². The Kier molecular flexibility index (Phi) is 3.38. The highest BCUT2D eigenvalue weighted by Gasteiger charge is 2.16. The number of hydrogen-bond donors (Lipinski definition) is 1. The molecular weight excluding hydrogens is 212 g/mol. The molecule has 1 aromatic rings. The first-order chi connectivity index (χ1) is 7.94. The maximum absolute atomic E-state index is 5.38. The Bertz CT molecular complexity index is 404. The molecule has 0 aromatic heterocycles. The Hall–Kier alpha value is -1.09. The fraction of sp³-hybridized carbons (Fsp3) is 0.500. The van der Waals surface area contributed by atoms with Crippen LogP contribution in [-0.4, -0.2) is 33.9 Å². The normalized spacial score (nSPS) is 15.9. The lowest BCUT2D eigenvalue weighted by Gasteiger charge is -2.26. The molecule has 1 aliphatic heterocycles. The Morgan fingerprint density at radius 3 is 2.76 bits per heavy atom. The third-order valence-corrected chi connectivity index (χ3v) is 2.66. The summed E-state index contributed by atoms with van der Waals surface area (Å²) in [4.78, 5) is 0. The van der Waals surface area contributed by atoms with Crippen molar-refractivity contribution in [1.82, 2.24) is 5.32 Å². The topological polar surface area (TPSA) is 30.5 Å². The van der Waals surface area contributed by atoms with Gasteiger partial charge in [0.25, 0.3) is 0 Å². The van der Waals surface area contributed by atoms with Crippen molar-refractivity contribution >= 4 is 15.7 Å². The largest absolute Gasteiger partial charge is 0.454 e. The molecule has 5 heteroatoms. The van der Waals surface area contributed by atoms with E-state index in [1.165, 1.54) is 5.56 Å². The van der Waals surface area contributed by atoms with Gasteiger partial charge in [-0.2, -0.15) is 0 Å². The maximum atomic E-state index is 5.38. The van der Waals surface area contributed by atoms with Gasteiger partial charge in [-0.25, -0.2) is 0 Å². The van der Waals surface area contributed by atoms with Gasteiger partial charge in [-0.1, -0.05) is 13.0 Å². The van der Waals surface area contributed by atoms with Crippen molar-refractivity contribution in [2.45, 2.75) is 31.6 Å². The minimum Gasteiger partial charge on any atom is -0.454 e. The van der Waals surface area contributed by atoms with E-state index >= 15 is 0 Å². The summed E-state index contributed by atoms with van der Waals surface area (Å²) in [7, 11) is 4.37. The zero-order chi connectivity index (χ0) is 12.5. The molecule has 0 fully saturated rings. The van der Waals surface area contributed by atoms with Gasteiger partial charge < -0.3 is 14.8 Å². The molecule has 0 saturated heterocycles. The molecule has 90 valence electrons. The van der Waals surface area contributed by atoms with E-state index in [1.807, 2.05) is 6.07 Å². The molecule has 1 atom stereocenters. The van der Waals surface area contributed by atoms with E-state index in [0.717, 1.165) is 17.9 Å². The quantitative estimate of drug-likeness (QED) is 0.732. The molecule has 0 spiro atoms. The molecule has 1 heterocycles. The second-order valence-corrected chi connectivity index (χ2v) is 5.69. The zero-order valence-electron chi connectivity index (χ0n) is 11.0. The zero-order valence-corrected chi connectivity index (χ0v) is 11.0. The predicted molar refractivity (Wildman–Crippen MR) is 74.4 cm³/mol. The Morgan fingerprint density at radius 1 is 1.35 bits per heavy atom. The molecule has 0 aliphatic carbocycles. The third-order valence-electron chi connectivity index (χ3n) is 2.66. The molecule has 1 aliphatic rings. The Balaban J connectivity index is 1.99. The van der Waals surface area contributed by atoms with Crippen molar-refractivity contribution in [3.63, 3.8) is 0 Å². The number of fused-ring (bicyclic) bond motifs is 1. The van der Waals surface area contributed by atoms with E-state index in [2.05, 4.69) is 47.0 Å². The van der Waals surface area contributed by atoms with E-state index in [0.29, 0.717) is 12.8 Å². The van der Waals surface area contributed by atoms with Crippen LogP contribution in [0.2, 0.25) is 0 Å². The summed E-state index contributed by atoms with van der Waals surface area (Å²) in [5.74, 6) is 1.72. The molecule has 0 amide bonds. The van der Waals surface area contributed by atoms with Crippen molar-refractivity contribution < 1.29 is 9.47 Å². The first-order valence-corrected chi connectivity index (χ1v) is 6.10. The summed E-state index contributed by atoms with van der Waals surface area (Å²) < 4.78 is 10.7. The highest BCUT2D eigenvalue weighted by atomic mass is 16.7. The van der Waals surface area contributed by atoms with Gasteiger partial charge in [-0.3, -0.25) is 0 Å². The summed E-state index contributed by atoms with van der Waals surface area (Å²) in [6.45, 7) is 4.73. The number of nitrogens with one attached hydrogen (secondary N) is 1. The minimum atomic E-state index is 0.149. The number of ether oxygens (including phenoxy) is 2. The molecule has 0 saturated carbocycles. The summed E-state index contributed by atoms with van der Waals surface area (Å²) in [5.41, 5.74) is 1.28. The molecule has 17 heavy (non-hydrogen) atoms. The molecule has 1 aromatic carbocycles. The fourth-order valence-corrected chi connectivity index (χ4v) is 2.21. The van der Waals surface area contributed by atoms with Gasteiger partial charge in [-0.15, -0.1) is 0 Å². The molecule has 0 radical (unpaired) electrons. The maximum Gasteiger partial charge on any atom is 0.231 e. The number of benzene rings is 1. The lowest BCUT2D eigenvalue weighted by Crippen LogP contribution is -2.48. The van der Waals surface area contributed by atoms with Gasteiger partial charge in [0, 0.05) is 6.04 Å². The van der Waals surface area contributed by atoms with E-state index < -0.39 is 0 Å². The van der Waals surface area contributed by atoms with Gasteiger partial charge in [0.1, 0.15) is 15.7 Å². The van der Waals surface area contributed by atoms with E-state index in [9.17, 15) is 0 Å². The van der Waals surface area contributed by atoms with Crippen LogP contribution in [0.4, 0.5) is 0 Å². The lowest BCUT2D eigenvalue weighted by molar-refractivity contribution is 0.174. The predicted octanol–water partition coefficient (Wildman–Crippen LogP) is -0.124. The van der Waals surface area contributed by atoms with Crippen molar-refractivity contribution in [2.75, 3.05) is 6.79 Å². The SMILES string of the molecule is BC(B)(C)N[C@H](C)Cc1ccc2c(c1)OCO2. The average molecular weight is 231 g/mol. The molecule has 2 rings (SSSR count). The first kappa shape index (κ1) is 12.4. The van der Waals surface area contributed by atoms with E-state index in [1.54, 1.807) is 0 Å².